The number of nitrogens with zero attached hydrogens (tertiary/aromatic N) is 1. The first-order valence-electron chi connectivity index (χ1n) is 12.0. The molecule has 3 rings (SSSR count). The van der Waals surface area contributed by atoms with Gasteiger partial charge >= 0.3 is 12.0 Å². The van der Waals surface area contributed by atoms with Crippen molar-refractivity contribution < 1.29 is 19.4 Å². The highest BCUT2D eigenvalue weighted by Gasteiger charge is 2.27. The zero-order valence-electron chi connectivity index (χ0n) is 20.6. The van der Waals surface area contributed by atoms with Crippen LogP contribution in [0.4, 0.5) is 21.9 Å². The predicted molar refractivity (Wildman–Crippen MR) is 136 cm³/mol. The molecule has 4 N–H and O–H groups in total. The second-order valence-electron chi connectivity index (χ2n) is 9.72. The fourth-order valence-electron chi connectivity index (χ4n) is 4.64. The van der Waals surface area contributed by atoms with Gasteiger partial charge < -0.3 is 20.9 Å². The summed E-state index contributed by atoms with van der Waals surface area (Å²) in [4.78, 5) is 25.6. The van der Waals surface area contributed by atoms with Gasteiger partial charge in [-0.15, -0.1) is 0 Å². The predicted octanol–water partition coefficient (Wildman–Crippen LogP) is 5.80. The number of anilines is 3. The largest absolute Gasteiger partial charge is 0.481 e. The van der Waals surface area contributed by atoms with Crippen molar-refractivity contribution in [2.75, 3.05) is 16.8 Å². The van der Waals surface area contributed by atoms with Crippen molar-refractivity contribution in [2.45, 2.75) is 71.4 Å². The summed E-state index contributed by atoms with van der Waals surface area (Å²) in [5.41, 5.74) is 9.78. The fourth-order valence-corrected chi connectivity index (χ4v) is 4.64. The Balaban J connectivity index is 2.00. The van der Waals surface area contributed by atoms with E-state index in [-0.39, 0.29) is 24.5 Å². The normalized spacial score (nSPS) is 19.0. The molecule has 0 radical (unpaired) electrons. The first-order chi connectivity index (χ1) is 16.2. The number of para-hydroxylation sites is 1. The quantitative estimate of drug-likeness (QED) is 0.432. The minimum absolute atomic E-state index is 0.00397. The third-order valence-electron chi connectivity index (χ3n) is 6.35. The number of benzene rings is 2. The van der Waals surface area contributed by atoms with Crippen LogP contribution in [0.1, 0.15) is 63.5 Å². The molecule has 2 amide bonds. The van der Waals surface area contributed by atoms with Crippen molar-refractivity contribution in [3.8, 4) is 0 Å². The Bertz CT molecular complexity index is 1010. The molecule has 0 bridgehead atoms. The van der Waals surface area contributed by atoms with Crippen LogP contribution >= 0.6 is 0 Å². The monoisotopic (exact) mass is 467 g/mol. The Hall–Kier alpha value is -3.06. The summed E-state index contributed by atoms with van der Waals surface area (Å²) >= 11 is 0. The number of hydrogen-bond acceptors (Lipinski definition) is 4. The molecule has 1 aliphatic rings. The van der Waals surface area contributed by atoms with E-state index in [0.717, 1.165) is 36.1 Å². The van der Waals surface area contributed by atoms with E-state index in [2.05, 4.69) is 19.2 Å². The topological polar surface area (TPSA) is 105 Å². The summed E-state index contributed by atoms with van der Waals surface area (Å²) in [5.74, 6) is -0.517. The van der Waals surface area contributed by atoms with Crippen LogP contribution in [0.25, 0.3) is 0 Å². The van der Waals surface area contributed by atoms with E-state index < -0.39 is 12.0 Å². The molecular weight excluding hydrogens is 430 g/mol. The van der Waals surface area contributed by atoms with Crippen LogP contribution in [-0.4, -0.2) is 35.9 Å². The smallest absolute Gasteiger partial charge is 0.323 e. The second-order valence-corrected chi connectivity index (χ2v) is 9.72. The van der Waals surface area contributed by atoms with Gasteiger partial charge in [-0.25, -0.2) is 4.79 Å². The second kappa shape index (κ2) is 11.4. The highest BCUT2D eigenvalue weighted by atomic mass is 16.5. The van der Waals surface area contributed by atoms with Crippen LogP contribution in [-0.2, 0) is 9.53 Å². The number of nitrogens with one attached hydrogen (secondary N) is 1. The lowest BCUT2D eigenvalue weighted by Crippen LogP contribution is -2.36. The van der Waals surface area contributed by atoms with Crippen molar-refractivity contribution in [2.24, 2.45) is 11.7 Å². The Morgan fingerprint density at radius 2 is 1.91 bits per heavy atom. The average molecular weight is 468 g/mol. The number of hydrogen-bond donors (Lipinski definition) is 3. The maximum Gasteiger partial charge on any atom is 0.323 e. The molecule has 0 saturated carbocycles. The molecule has 184 valence electrons. The number of urea groups is 1. The number of carboxylic acids is 1. The number of carboxylic acid groups (broad SMARTS) is 1. The van der Waals surface area contributed by atoms with Gasteiger partial charge in [-0.05, 0) is 67.3 Å². The molecule has 3 unspecified atom stereocenters. The number of ether oxygens (including phenoxy) is 1. The highest BCUT2D eigenvalue weighted by molar-refractivity contribution is 6.02. The summed E-state index contributed by atoms with van der Waals surface area (Å²) in [6, 6.07) is 12.9. The number of amides is 2. The van der Waals surface area contributed by atoms with Gasteiger partial charge in [0.05, 0.1) is 29.6 Å². The Kier molecular flexibility index (Phi) is 8.56. The number of aryl methyl sites for hydroxylation is 1. The molecule has 7 heteroatoms. The van der Waals surface area contributed by atoms with Gasteiger partial charge in [0.15, 0.2) is 0 Å². The Labute approximate surface area is 202 Å². The fraction of sp³-hybridized carbons (Fsp3) is 0.481. The zero-order chi connectivity index (χ0) is 24.8. The van der Waals surface area contributed by atoms with Gasteiger partial charge in [0.2, 0.25) is 0 Å². The molecule has 1 fully saturated rings. The number of rotatable bonds is 9. The number of nitrogens with two attached hydrogens (primary N) is 1. The third kappa shape index (κ3) is 6.50. The van der Waals surface area contributed by atoms with E-state index >= 15 is 0 Å². The van der Waals surface area contributed by atoms with E-state index in [1.165, 1.54) is 4.90 Å². The van der Waals surface area contributed by atoms with Crippen molar-refractivity contribution in [3.05, 3.63) is 53.6 Å². The average Bonchev–Trinajstić information content (AvgIpc) is 2.75. The number of primary amides is 1. The van der Waals surface area contributed by atoms with E-state index in [0.29, 0.717) is 23.9 Å². The molecule has 0 aliphatic carbocycles. The molecule has 3 atom stereocenters. The van der Waals surface area contributed by atoms with Crippen LogP contribution in [0.3, 0.4) is 0 Å². The Morgan fingerprint density at radius 1 is 1.18 bits per heavy atom. The van der Waals surface area contributed by atoms with E-state index in [1.807, 2.05) is 56.3 Å². The Morgan fingerprint density at radius 3 is 2.56 bits per heavy atom. The minimum atomic E-state index is -0.861. The number of carbonyl (C=O) groups is 2. The summed E-state index contributed by atoms with van der Waals surface area (Å²) < 4.78 is 5.97. The molecule has 0 spiro atoms. The molecule has 1 heterocycles. The van der Waals surface area contributed by atoms with Gasteiger partial charge in [0.1, 0.15) is 0 Å². The van der Waals surface area contributed by atoms with Crippen LogP contribution < -0.4 is 16.0 Å². The summed E-state index contributed by atoms with van der Waals surface area (Å²) in [6.07, 6.45) is 2.97. The number of carbonyl (C=O) groups excluding carboxylic acids is 1. The van der Waals surface area contributed by atoms with Crippen LogP contribution in [0.5, 0.6) is 0 Å². The van der Waals surface area contributed by atoms with Gasteiger partial charge in [-0.3, -0.25) is 9.69 Å². The summed E-state index contributed by atoms with van der Waals surface area (Å²) in [7, 11) is 0. The van der Waals surface area contributed by atoms with Crippen LogP contribution in [0.15, 0.2) is 42.5 Å². The molecular formula is C27H37N3O4. The SMILES string of the molecule is Cc1ccccc1N(C(N)=O)c1cc(C(C)CC(=O)O)ccc1NC1CCOC(CC(C)C)C1. The lowest BCUT2D eigenvalue weighted by Gasteiger charge is -2.33. The molecule has 1 aliphatic heterocycles. The van der Waals surface area contributed by atoms with Crippen molar-refractivity contribution in [3.63, 3.8) is 0 Å². The van der Waals surface area contributed by atoms with E-state index in [4.69, 9.17) is 10.5 Å². The van der Waals surface area contributed by atoms with E-state index in [1.54, 1.807) is 0 Å². The van der Waals surface area contributed by atoms with Gasteiger partial charge in [0.25, 0.3) is 0 Å². The highest BCUT2D eigenvalue weighted by Crippen LogP contribution is 2.38. The summed E-state index contributed by atoms with van der Waals surface area (Å²) in [6.45, 7) is 8.89. The summed E-state index contributed by atoms with van der Waals surface area (Å²) in [5, 5.41) is 12.9. The minimum Gasteiger partial charge on any atom is -0.481 e. The molecule has 2 aromatic rings. The van der Waals surface area contributed by atoms with Crippen LogP contribution in [0, 0.1) is 12.8 Å². The lowest BCUT2D eigenvalue weighted by atomic mass is 9.94. The van der Waals surface area contributed by atoms with Crippen molar-refractivity contribution in [1.29, 1.82) is 0 Å². The molecule has 34 heavy (non-hydrogen) atoms. The maximum atomic E-state index is 12.7. The molecule has 2 aromatic carbocycles. The van der Waals surface area contributed by atoms with Crippen LogP contribution in [0.2, 0.25) is 0 Å². The standard InChI is InChI=1S/C27H37N3O4/c1-17(2)13-22-16-21(11-12-34-22)29-23-10-9-20(19(4)14-26(31)32)15-25(23)30(27(28)33)24-8-6-5-7-18(24)3/h5-10,15,17,19,21-22,29H,11-14,16H2,1-4H3,(H2,28,33)(H,31,32). The zero-order valence-corrected chi connectivity index (χ0v) is 20.6. The lowest BCUT2D eigenvalue weighted by molar-refractivity contribution is -0.137. The molecule has 1 saturated heterocycles. The van der Waals surface area contributed by atoms with E-state index in [9.17, 15) is 14.7 Å². The maximum absolute atomic E-state index is 12.7. The first kappa shape index (κ1) is 25.6. The third-order valence-corrected chi connectivity index (χ3v) is 6.35. The van der Waals surface area contributed by atoms with Crippen molar-refractivity contribution >= 4 is 29.1 Å². The van der Waals surface area contributed by atoms with Crippen molar-refractivity contribution in [1.82, 2.24) is 0 Å². The molecule has 7 nitrogen and oxygen atoms in total. The van der Waals surface area contributed by atoms with Gasteiger partial charge in [-0.1, -0.05) is 45.0 Å². The van der Waals surface area contributed by atoms with Gasteiger partial charge in [-0.2, -0.15) is 0 Å². The van der Waals surface area contributed by atoms with Gasteiger partial charge in [0, 0.05) is 12.6 Å². The number of aliphatic carboxylic acids is 1. The first-order valence-corrected chi connectivity index (χ1v) is 12.0. The molecule has 0 aromatic heterocycles.